The second kappa shape index (κ2) is 5.44. The summed E-state index contributed by atoms with van der Waals surface area (Å²) in [7, 11) is 0. The Bertz CT molecular complexity index is 535. The van der Waals surface area contributed by atoms with E-state index in [9.17, 15) is 13.2 Å². The molecule has 0 atom stereocenters. The normalized spacial score (nSPS) is 11.8. The molecule has 0 aliphatic rings. The zero-order chi connectivity index (χ0) is 13.9. The summed E-state index contributed by atoms with van der Waals surface area (Å²) >= 11 is 0. The van der Waals surface area contributed by atoms with Crippen molar-refractivity contribution in [2.24, 2.45) is 0 Å². The molecule has 102 valence electrons. The largest absolute Gasteiger partial charge is 0.435 e. The van der Waals surface area contributed by atoms with Crippen LogP contribution in [0.25, 0.3) is 0 Å². The van der Waals surface area contributed by atoms with Crippen molar-refractivity contribution >= 4 is 0 Å². The summed E-state index contributed by atoms with van der Waals surface area (Å²) in [5.41, 5.74) is 0.0819. The lowest BCUT2D eigenvalue weighted by molar-refractivity contribution is -0.141. The van der Waals surface area contributed by atoms with E-state index in [-0.39, 0.29) is 18.1 Å². The van der Waals surface area contributed by atoms with Crippen molar-refractivity contribution in [2.45, 2.75) is 26.3 Å². The predicted molar refractivity (Wildman–Crippen MR) is 63.3 cm³/mol. The van der Waals surface area contributed by atoms with E-state index in [1.165, 1.54) is 6.92 Å². The minimum atomic E-state index is -4.43. The van der Waals surface area contributed by atoms with Crippen LogP contribution < -0.4 is 0 Å². The minimum absolute atomic E-state index is 0.00538. The van der Waals surface area contributed by atoms with Gasteiger partial charge in [-0.2, -0.15) is 13.2 Å². The molecule has 6 heteroatoms. The van der Waals surface area contributed by atoms with Crippen molar-refractivity contribution in [2.75, 3.05) is 0 Å². The Morgan fingerprint density at radius 2 is 1.84 bits per heavy atom. The highest BCUT2D eigenvalue weighted by Crippen LogP contribution is 2.30. The summed E-state index contributed by atoms with van der Waals surface area (Å²) in [6.45, 7) is 1.70. The summed E-state index contributed by atoms with van der Waals surface area (Å²) < 4.78 is 42.9. The molecule has 3 nitrogen and oxygen atoms in total. The van der Waals surface area contributed by atoms with Gasteiger partial charge in [0.2, 0.25) is 0 Å². The van der Waals surface area contributed by atoms with E-state index in [0.29, 0.717) is 6.61 Å². The molecule has 0 fully saturated rings. The van der Waals surface area contributed by atoms with Crippen molar-refractivity contribution in [1.82, 2.24) is 9.97 Å². The number of imidazole rings is 1. The van der Waals surface area contributed by atoms with Crippen LogP contribution in [0.3, 0.4) is 0 Å². The topological polar surface area (TPSA) is 37.9 Å². The van der Waals surface area contributed by atoms with Gasteiger partial charge < -0.3 is 9.72 Å². The first-order chi connectivity index (χ1) is 8.97. The Morgan fingerprint density at radius 1 is 1.16 bits per heavy atom. The molecule has 0 aliphatic carbocycles. The zero-order valence-electron chi connectivity index (χ0n) is 10.3. The number of hydrogen-bond acceptors (Lipinski definition) is 2. The average molecular weight is 270 g/mol. The fraction of sp³-hybridized carbons (Fsp3) is 0.308. The van der Waals surface area contributed by atoms with Crippen molar-refractivity contribution in [1.29, 1.82) is 0 Å². The van der Waals surface area contributed by atoms with Gasteiger partial charge in [-0.05, 0) is 12.5 Å². The van der Waals surface area contributed by atoms with Crippen molar-refractivity contribution in [3.63, 3.8) is 0 Å². The molecule has 0 aliphatic heterocycles. The molecule has 1 aromatic heterocycles. The number of aromatic nitrogens is 2. The number of nitrogens with zero attached hydrogens (tertiary/aromatic N) is 1. The molecule has 0 amide bonds. The monoisotopic (exact) mass is 270 g/mol. The Morgan fingerprint density at radius 3 is 2.42 bits per heavy atom. The van der Waals surface area contributed by atoms with E-state index in [0.717, 1.165) is 5.56 Å². The summed E-state index contributed by atoms with van der Waals surface area (Å²) in [6.07, 6.45) is -4.43. The van der Waals surface area contributed by atoms with Crippen LogP contribution >= 0.6 is 0 Å². The Labute approximate surface area is 108 Å². The first-order valence-corrected chi connectivity index (χ1v) is 5.71. The molecule has 1 heterocycles. The van der Waals surface area contributed by atoms with Gasteiger partial charge in [-0.25, -0.2) is 4.98 Å². The van der Waals surface area contributed by atoms with Crippen LogP contribution in [0.5, 0.6) is 0 Å². The molecule has 0 spiro atoms. The van der Waals surface area contributed by atoms with Crippen LogP contribution in [0.4, 0.5) is 13.2 Å². The van der Waals surface area contributed by atoms with E-state index in [1.807, 2.05) is 30.3 Å². The lowest BCUT2D eigenvalue weighted by Gasteiger charge is -2.02. The summed E-state index contributed by atoms with van der Waals surface area (Å²) in [4.78, 5) is 6.09. The highest BCUT2D eigenvalue weighted by Gasteiger charge is 2.35. The van der Waals surface area contributed by atoms with Crippen LogP contribution in [0.15, 0.2) is 30.3 Å². The third kappa shape index (κ3) is 3.57. The summed E-state index contributed by atoms with van der Waals surface area (Å²) in [6, 6.07) is 9.40. The SMILES string of the molecule is Cc1[nH]c(COCc2ccccc2)nc1C(F)(F)F. The lowest BCUT2D eigenvalue weighted by atomic mass is 10.2. The Balaban J connectivity index is 1.94. The molecule has 0 saturated heterocycles. The Kier molecular flexibility index (Phi) is 3.90. The number of alkyl halides is 3. The van der Waals surface area contributed by atoms with E-state index in [2.05, 4.69) is 9.97 Å². The Hall–Kier alpha value is -1.82. The number of ether oxygens (including phenoxy) is 1. The predicted octanol–water partition coefficient (Wildman–Crippen LogP) is 3.45. The number of aromatic amines is 1. The van der Waals surface area contributed by atoms with Crippen molar-refractivity contribution in [3.8, 4) is 0 Å². The minimum Gasteiger partial charge on any atom is -0.369 e. The van der Waals surface area contributed by atoms with Gasteiger partial charge in [0.15, 0.2) is 5.69 Å². The average Bonchev–Trinajstić information content (AvgIpc) is 2.72. The fourth-order valence-corrected chi connectivity index (χ4v) is 1.71. The van der Waals surface area contributed by atoms with Gasteiger partial charge in [-0.1, -0.05) is 30.3 Å². The maximum Gasteiger partial charge on any atom is 0.435 e. The second-order valence-electron chi connectivity index (χ2n) is 4.13. The number of benzene rings is 1. The third-order valence-electron chi connectivity index (χ3n) is 2.55. The molecule has 1 N–H and O–H groups in total. The van der Waals surface area contributed by atoms with Crippen LogP contribution in [-0.2, 0) is 24.1 Å². The van der Waals surface area contributed by atoms with Crippen LogP contribution in [0.1, 0.15) is 22.8 Å². The molecule has 19 heavy (non-hydrogen) atoms. The molecule has 2 aromatic rings. The molecule has 0 saturated carbocycles. The van der Waals surface area contributed by atoms with Gasteiger partial charge >= 0.3 is 6.18 Å². The third-order valence-corrected chi connectivity index (χ3v) is 2.55. The molecular formula is C13H13F3N2O. The van der Waals surface area contributed by atoms with E-state index in [4.69, 9.17) is 4.74 Å². The van der Waals surface area contributed by atoms with Gasteiger partial charge in [-0.15, -0.1) is 0 Å². The van der Waals surface area contributed by atoms with E-state index < -0.39 is 11.9 Å². The molecule has 0 radical (unpaired) electrons. The number of rotatable bonds is 4. The number of aryl methyl sites for hydroxylation is 1. The zero-order valence-corrected chi connectivity index (χ0v) is 10.3. The summed E-state index contributed by atoms with van der Waals surface area (Å²) in [5, 5.41) is 0. The number of hydrogen-bond donors (Lipinski definition) is 1. The molecule has 2 rings (SSSR count). The maximum absolute atomic E-state index is 12.5. The molecule has 0 bridgehead atoms. The standard InChI is InChI=1S/C13H13F3N2O/c1-9-12(13(14,15)16)18-11(17-9)8-19-7-10-5-3-2-4-6-10/h2-6H,7-8H2,1H3,(H,17,18). The number of nitrogens with one attached hydrogen (secondary N) is 1. The smallest absolute Gasteiger partial charge is 0.369 e. The van der Waals surface area contributed by atoms with Crippen LogP contribution in [0.2, 0.25) is 0 Å². The van der Waals surface area contributed by atoms with Gasteiger partial charge in [0.05, 0.1) is 6.61 Å². The van der Waals surface area contributed by atoms with Crippen LogP contribution in [0, 0.1) is 6.92 Å². The molecular weight excluding hydrogens is 257 g/mol. The lowest BCUT2D eigenvalue weighted by Crippen LogP contribution is -2.07. The fourth-order valence-electron chi connectivity index (χ4n) is 1.71. The van der Waals surface area contributed by atoms with Crippen molar-refractivity contribution in [3.05, 3.63) is 53.1 Å². The highest BCUT2D eigenvalue weighted by atomic mass is 19.4. The molecule has 0 unspecified atom stereocenters. The maximum atomic E-state index is 12.5. The first kappa shape index (κ1) is 13.6. The molecule has 1 aromatic carbocycles. The highest BCUT2D eigenvalue weighted by molar-refractivity contribution is 5.16. The summed E-state index contributed by atoms with van der Waals surface area (Å²) in [5.74, 6) is 0.181. The van der Waals surface area contributed by atoms with Gasteiger partial charge in [0.25, 0.3) is 0 Å². The van der Waals surface area contributed by atoms with E-state index in [1.54, 1.807) is 0 Å². The van der Waals surface area contributed by atoms with E-state index >= 15 is 0 Å². The van der Waals surface area contributed by atoms with Crippen LogP contribution in [-0.4, -0.2) is 9.97 Å². The quantitative estimate of drug-likeness (QED) is 0.924. The number of halogens is 3. The first-order valence-electron chi connectivity index (χ1n) is 5.71. The second-order valence-corrected chi connectivity index (χ2v) is 4.13. The van der Waals surface area contributed by atoms with Gasteiger partial charge in [-0.3, -0.25) is 0 Å². The van der Waals surface area contributed by atoms with Gasteiger partial charge in [0.1, 0.15) is 12.4 Å². The van der Waals surface area contributed by atoms with Gasteiger partial charge in [0, 0.05) is 5.69 Å². The number of H-pyrrole nitrogens is 1. The van der Waals surface area contributed by atoms with Crippen molar-refractivity contribution < 1.29 is 17.9 Å².